The minimum atomic E-state index is -0.162. The van der Waals surface area contributed by atoms with Crippen molar-refractivity contribution in [2.75, 3.05) is 18.5 Å². The highest BCUT2D eigenvalue weighted by molar-refractivity contribution is 5.91. The third-order valence-corrected chi connectivity index (χ3v) is 4.65. The molecule has 0 saturated carbocycles. The molecule has 8 heteroatoms. The van der Waals surface area contributed by atoms with Crippen LogP contribution in [0.25, 0.3) is 16.7 Å². The van der Waals surface area contributed by atoms with Crippen LogP contribution in [0, 0.1) is 6.92 Å². The summed E-state index contributed by atoms with van der Waals surface area (Å²) in [5, 5.41) is 8.43. The van der Waals surface area contributed by atoms with Crippen molar-refractivity contribution in [1.29, 1.82) is 0 Å². The second-order valence-corrected chi connectivity index (χ2v) is 6.77. The third-order valence-electron chi connectivity index (χ3n) is 4.65. The van der Waals surface area contributed by atoms with Crippen LogP contribution in [0.5, 0.6) is 0 Å². The first-order valence-corrected chi connectivity index (χ1v) is 9.14. The monoisotopic (exact) mass is 366 g/mol. The smallest absolute Gasteiger partial charge is 0.222 e. The number of ether oxygens (including phenoxy) is 1. The summed E-state index contributed by atoms with van der Waals surface area (Å²) < 4.78 is 7.31. The lowest BCUT2D eigenvalue weighted by Gasteiger charge is -2.10. The molecule has 1 unspecified atom stereocenters. The minimum absolute atomic E-state index is 0.162. The van der Waals surface area contributed by atoms with Crippen LogP contribution in [0.15, 0.2) is 18.3 Å². The van der Waals surface area contributed by atoms with E-state index in [4.69, 9.17) is 14.8 Å². The summed E-state index contributed by atoms with van der Waals surface area (Å²) in [5.74, 6) is 2.06. The fourth-order valence-electron chi connectivity index (χ4n) is 3.36. The highest BCUT2D eigenvalue weighted by Crippen LogP contribution is 2.26. The number of rotatable bonds is 4. The van der Waals surface area contributed by atoms with Crippen molar-refractivity contribution in [2.45, 2.75) is 39.5 Å². The molecule has 27 heavy (non-hydrogen) atoms. The number of nitrogens with zero attached hydrogens (tertiary/aromatic N) is 5. The highest BCUT2D eigenvalue weighted by atomic mass is 16.5. The van der Waals surface area contributed by atoms with Gasteiger partial charge in [0.1, 0.15) is 11.6 Å². The van der Waals surface area contributed by atoms with Crippen molar-refractivity contribution >= 4 is 22.6 Å². The van der Waals surface area contributed by atoms with Crippen molar-refractivity contribution in [3.05, 3.63) is 35.5 Å². The predicted molar refractivity (Wildman–Crippen MR) is 101 cm³/mol. The maximum atomic E-state index is 11.4. The van der Waals surface area contributed by atoms with Gasteiger partial charge in [-0.3, -0.25) is 4.79 Å². The lowest BCUT2D eigenvalue weighted by atomic mass is 10.1. The van der Waals surface area contributed by atoms with Crippen LogP contribution < -0.4 is 5.32 Å². The molecular weight excluding hydrogens is 344 g/mol. The molecule has 3 aromatic rings. The molecule has 1 aliphatic rings. The van der Waals surface area contributed by atoms with Gasteiger partial charge in [-0.05, 0) is 19.8 Å². The Balaban J connectivity index is 1.86. The van der Waals surface area contributed by atoms with Crippen molar-refractivity contribution in [3.63, 3.8) is 0 Å². The van der Waals surface area contributed by atoms with E-state index in [1.54, 1.807) is 6.20 Å². The number of anilines is 1. The van der Waals surface area contributed by atoms with E-state index in [0.29, 0.717) is 18.2 Å². The Morgan fingerprint density at radius 1 is 1.37 bits per heavy atom. The largest absolute Gasteiger partial charge is 0.381 e. The Bertz CT molecular complexity index is 1010. The van der Waals surface area contributed by atoms with Gasteiger partial charge in [-0.1, -0.05) is 6.92 Å². The van der Waals surface area contributed by atoms with Crippen LogP contribution in [-0.2, 0) is 16.0 Å². The normalized spacial score (nSPS) is 16.8. The molecule has 1 aliphatic heterocycles. The maximum absolute atomic E-state index is 11.4. The molecule has 4 heterocycles. The van der Waals surface area contributed by atoms with Gasteiger partial charge in [0, 0.05) is 48.9 Å². The molecule has 0 radical (unpaired) electrons. The summed E-state index contributed by atoms with van der Waals surface area (Å²) in [5.41, 5.74) is 2.69. The molecule has 8 nitrogen and oxygen atoms in total. The molecule has 4 rings (SSSR count). The first-order chi connectivity index (χ1) is 13.0. The summed E-state index contributed by atoms with van der Waals surface area (Å²) in [6, 6.07) is 3.75. The molecule has 0 aromatic carbocycles. The first-order valence-electron chi connectivity index (χ1n) is 9.14. The van der Waals surface area contributed by atoms with Gasteiger partial charge in [0.05, 0.1) is 17.8 Å². The van der Waals surface area contributed by atoms with Gasteiger partial charge in [0.25, 0.3) is 0 Å². The van der Waals surface area contributed by atoms with E-state index in [9.17, 15) is 4.79 Å². The second kappa shape index (κ2) is 7.03. The molecular formula is C19H22N6O2. The number of aryl methyl sites for hydroxylation is 2. The molecule has 3 aromatic heterocycles. The molecule has 1 amide bonds. The van der Waals surface area contributed by atoms with E-state index in [1.807, 2.05) is 23.7 Å². The van der Waals surface area contributed by atoms with Gasteiger partial charge >= 0.3 is 0 Å². The summed E-state index contributed by atoms with van der Waals surface area (Å²) in [6.07, 6.45) is 3.46. The van der Waals surface area contributed by atoms with Gasteiger partial charge in [0.2, 0.25) is 5.91 Å². The van der Waals surface area contributed by atoms with Crippen LogP contribution in [-0.4, -0.2) is 43.9 Å². The topological polar surface area (TPSA) is 94.8 Å². The summed E-state index contributed by atoms with van der Waals surface area (Å²) in [6.45, 7) is 6.87. The Labute approximate surface area is 157 Å². The SMILES string of the molecule is CCc1nn(-c2cc(C)nc(C3CCOC3)n2)c2cc(NC(C)=O)ncc12. The average molecular weight is 366 g/mol. The highest BCUT2D eigenvalue weighted by Gasteiger charge is 2.22. The predicted octanol–water partition coefficient (Wildman–Crippen LogP) is 2.54. The summed E-state index contributed by atoms with van der Waals surface area (Å²) in [4.78, 5) is 25.1. The van der Waals surface area contributed by atoms with Gasteiger partial charge in [-0.15, -0.1) is 0 Å². The summed E-state index contributed by atoms with van der Waals surface area (Å²) >= 11 is 0. The van der Waals surface area contributed by atoms with Crippen LogP contribution in [0.4, 0.5) is 5.82 Å². The molecule has 1 atom stereocenters. The number of nitrogens with one attached hydrogen (secondary N) is 1. The minimum Gasteiger partial charge on any atom is -0.381 e. The average Bonchev–Trinajstić information content (AvgIpc) is 3.28. The van der Waals surface area contributed by atoms with Crippen LogP contribution >= 0.6 is 0 Å². The molecule has 1 saturated heterocycles. The van der Waals surface area contributed by atoms with Gasteiger partial charge in [0.15, 0.2) is 5.82 Å². The molecule has 0 bridgehead atoms. The van der Waals surface area contributed by atoms with E-state index >= 15 is 0 Å². The zero-order valence-corrected chi connectivity index (χ0v) is 15.7. The van der Waals surface area contributed by atoms with Crippen molar-refractivity contribution in [1.82, 2.24) is 24.7 Å². The number of hydrogen-bond acceptors (Lipinski definition) is 6. The van der Waals surface area contributed by atoms with Crippen molar-refractivity contribution in [3.8, 4) is 5.82 Å². The zero-order chi connectivity index (χ0) is 19.0. The van der Waals surface area contributed by atoms with Gasteiger partial charge < -0.3 is 10.1 Å². The summed E-state index contributed by atoms with van der Waals surface area (Å²) in [7, 11) is 0. The zero-order valence-electron chi connectivity index (χ0n) is 15.7. The number of pyridine rings is 1. The van der Waals surface area contributed by atoms with Crippen molar-refractivity contribution < 1.29 is 9.53 Å². The lowest BCUT2D eigenvalue weighted by Crippen LogP contribution is -2.10. The molecule has 140 valence electrons. The second-order valence-electron chi connectivity index (χ2n) is 6.77. The van der Waals surface area contributed by atoms with E-state index in [2.05, 4.69) is 22.2 Å². The lowest BCUT2D eigenvalue weighted by molar-refractivity contribution is -0.114. The standard InChI is InChI=1S/C19H22N6O2/c1-4-15-14-9-20-17(22-12(3)26)8-16(14)25(24-15)18-7-11(2)21-19(23-18)13-5-6-27-10-13/h7-9,13H,4-6,10H2,1-3H3,(H,20,22,26). The van der Waals surface area contributed by atoms with Gasteiger partial charge in [-0.2, -0.15) is 5.10 Å². The fourth-order valence-corrected chi connectivity index (χ4v) is 3.36. The number of carbonyl (C=O) groups is 1. The van der Waals surface area contributed by atoms with E-state index < -0.39 is 0 Å². The third kappa shape index (κ3) is 3.40. The number of carbonyl (C=O) groups excluding carboxylic acids is 1. The van der Waals surface area contributed by atoms with Crippen LogP contribution in [0.2, 0.25) is 0 Å². The fraction of sp³-hybridized carbons (Fsp3) is 0.421. The molecule has 1 fully saturated rings. The van der Waals surface area contributed by atoms with Crippen LogP contribution in [0.1, 0.15) is 43.4 Å². The quantitative estimate of drug-likeness (QED) is 0.762. The Hall–Kier alpha value is -2.87. The first kappa shape index (κ1) is 17.5. The van der Waals surface area contributed by atoms with Crippen LogP contribution in [0.3, 0.4) is 0 Å². The number of amides is 1. The Kier molecular flexibility index (Phi) is 4.57. The van der Waals surface area contributed by atoms with E-state index in [0.717, 1.165) is 47.6 Å². The Morgan fingerprint density at radius 2 is 2.22 bits per heavy atom. The molecule has 1 N–H and O–H groups in total. The number of aromatic nitrogens is 5. The number of hydrogen-bond donors (Lipinski definition) is 1. The molecule has 0 spiro atoms. The van der Waals surface area contributed by atoms with E-state index in [-0.39, 0.29) is 11.8 Å². The van der Waals surface area contributed by atoms with Crippen molar-refractivity contribution in [2.24, 2.45) is 0 Å². The Morgan fingerprint density at radius 3 is 2.93 bits per heavy atom. The maximum Gasteiger partial charge on any atom is 0.222 e. The molecule has 0 aliphatic carbocycles. The van der Waals surface area contributed by atoms with Gasteiger partial charge in [-0.25, -0.2) is 19.6 Å². The number of fused-ring (bicyclic) bond motifs is 1. The van der Waals surface area contributed by atoms with E-state index in [1.165, 1.54) is 6.92 Å².